The number of hydrogen-bond acceptors (Lipinski definition) is 7. The van der Waals surface area contributed by atoms with Gasteiger partial charge in [-0.25, -0.2) is 4.98 Å². The summed E-state index contributed by atoms with van der Waals surface area (Å²) in [6.45, 7) is 4.38. The zero-order valence-corrected chi connectivity index (χ0v) is 16.0. The number of carbonyl (C=O) groups excluding carboxylic acids is 1. The Labute approximate surface area is 159 Å². The van der Waals surface area contributed by atoms with Crippen molar-refractivity contribution in [1.29, 1.82) is 5.26 Å². The summed E-state index contributed by atoms with van der Waals surface area (Å²) in [5.74, 6) is -0.0493. The minimum absolute atomic E-state index is 0.157. The molecule has 0 aliphatic rings. The van der Waals surface area contributed by atoms with Crippen LogP contribution in [-0.4, -0.2) is 31.3 Å². The Bertz CT molecular complexity index is 942. The largest absolute Gasteiger partial charge is 0.302 e. The molecule has 3 aromatic rings. The van der Waals surface area contributed by atoms with E-state index in [2.05, 4.69) is 21.3 Å². The van der Waals surface area contributed by atoms with Crippen LogP contribution in [0.4, 0.5) is 0 Å². The van der Waals surface area contributed by atoms with Gasteiger partial charge in [0, 0.05) is 11.1 Å². The molecule has 0 N–H and O–H groups in total. The van der Waals surface area contributed by atoms with Crippen LogP contribution in [0.2, 0.25) is 0 Å². The van der Waals surface area contributed by atoms with E-state index in [0.717, 1.165) is 17.1 Å². The molecule has 0 spiro atoms. The number of nitrogens with zero attached hydrogens (tertiary/aromatic N) is 5. The average Bonchev–Trinajstić information content (AvgIpc) is 3.21. The van der Waals surface area contributed by atoms with E-state index in [1.165, 1.54) is 23.1 Å². The van der Waals surface area contributed by atoms with Gasteiger partial charge in [0.25, 0.3) is 0 Å². The van der Waals surface area contributed by atoms with E-state index in [4.69, 9.17) is 0 Å². The molecular formula is C18H17N5OS2. The van der Waals surface area contributed by atoms with Crippen molar-refractivity contribution in [1.82, 2.24) is 19.7 Å². The predicted octanol–water partition coefficient (Wildman–Crippen LogP) is 3.37. The number of carbonyl (C=O) groups is 1. The molecule has 0 aliphatic carbocycles. The number of Topliss-reactive ketones (excluding diaryl/α,β-unsaturated/α-hetero) is 1. The Kier molecular flexibility index (Phi) is 5.81. The van der Waals surface area contributed by atoms with Gasteiger partial charge in [-0.05, 0) is 19.4 Å². The first-order valence-electron chi connectivity index (χ1n) is 7.99. The summed E-state index contributed by atoms with van der Waals surface area (Å²) in [7, 11) is 0. The van der Waals surface area contributed by atoms with Crippen molar-refractivity contribution < 1.29 is 4.79 Å². The van der Waals surface area contributed by atoms with Crippen molar-refractivity contribution in [2.24, 2.45) is 0 Å². The van der Waals surface area contributed by atoms with Crippen molar-refractivity contribution in [3.63, 3.8) is 0 Å². The minimum Gasteiger partial charge on any atom is -0.302 e. The Morgan fingerprint density at radius 3 is 2.73 bits per heavy atom. The second-order valence-electron chi connectivity index (χ2n) is 5.75. The van der Waals surface area contributed by atoms with Crippen LogP contribution >= 0.6 is 23.1 Å². The Balaban J connectivity index is 1.70. The minimum atomic E-state index is -0.826. The van der Waals surface area contributed by atoms with Gasteiger partial charge in [-0.2, -0.15) is 5.26 Å². The molecule has 6 nitrogen and oxygen atoms in total. The molecule has 0 amide bonds. The maximum atomic E-state index is 12.5. The molecule has 0 saturated carbocycles. The quantitative estimate of drug-likeness (QED) is 0.582. The first-order valence-corrected chi connectivity index (χ1v) is 9.86. The summed E-state index contributed by atoms with van der Waals surface area (Å²) in [6.07, 6.45) is 0. The number of ketones is 1. The van der Waals surface area contributed by atoms with Gasteiger partial charge in [-0.15, -0.1) is 21.5 Å². The van der Waals surface area contributed by atoms with Crippen molar-refractivity contribution in [2.75, 3.05) is 5.75 Å². The van der Waals surface area contributed by atoms with E-state index in [9.17, 15) is 10.1 Å². The van der Waals surface area contributed by atoms with Crippen LogP contribution in [0.25, 0.3) is 0 Å². The highest BCUT2D eigenvalue weighted by Crippen LogP contribution is 2.25. The number of hydrogen-bond donors (Lipinski definition) is 0. The van der Waals surface area contributed by atoms with Crippen molar-refractivity contribution in [3.05, 3.63) is 57.8 Å². The van der Waals surface area contributed by atoms with Gasteiger partial charge in [0.05, 0.1) is 18.4 Å². The summed E-state index contributed by atoms with van der Waals surface area (Å²) in [4.78, 5) is 16.8. The second-order valence-corrected chi connectivity index (χ2v) is 7.58. The van der Waals surface area contributed by atoms with Gasteiger partial charge < -0.3 is 4.57 Å². The molecule has 0 radical (unpaired) electrons. The highest BCUT2D eigenvalue weighted by molar-refractivity contribution is 7.99. The van der Waals surface area contributed by atoms with Gasteiger partial charge in [0.2, 0.25) is 0 Å². The lowest BCUT2D eigenvalue weighted by atomic mass is 10.1. The van der Waals surface area contributed by atoms with E-state index in [1.54, 1.807) is 0 Å². The molecule has 0 fully saturated rings. The molecule has 2 aromatic heterocycles. The van der Waals surface area contributed by atoms with Crippen LogP contribution < -0.4 is 0 Å². The van der Waals surface area contributed by atoms with Crippen LogP contribution in [0.3, 0.4) is 0 Å². The Hall–Kier alpha value is -2.50. The lowest BCUT2D eigenvalue weighted by Crippen LogP contribution is -2.14. The SMILES string of the molecule is Cc1csc(C(C#N)C(=O)CSc2nnc(C)n2Cc2ccccc2)n1. The molecule has 1 aromatic carbocycles. The number of aromatic nitrogens is 4. The number of benzene rings is 1. The zero-order chi connectivity index (χ0) is 18.5. The topological polar surface area (TPSA) is 84.5 Å². The van der Waals surface area contributed by atoms with Crippen molar-refractivity contribution in [2.45, 2.75) is 31.5 Å². The molecule has 2 heterocycles. The number of aryl methyl sites for hydroxylation is 2. The number of rotatable bonds is 7. The predicted molar refractivity (Wildman–Crippen MR) is 101 cm³/mol. The van der Waals surface area contributed by atoms with E-state index in [1.807, 2.05) is 54.1 Å². The van der Waals surface area contributed by atoms with Crippen LogP contribution in [-0.2, 0) is 11.3 Å². The molecular weight excluding hydrogens is 366 g/mol. The summed E-state index contributed by atoms with van der Waals surface area (Å²) in [6, 6.07) is 12.1. The fourth-order valence-electron chi connectivity index (χ4n) is 2.41. The lowest BCUT2D eigenvalue weighted by molar-refractivity contribution is -0.116. The maximum Gasteiger partial charge on any atom is 0.191 e. The molecule has 0 saturated heterocycles. The highest BCUT2D eigenvalue weighted by atomic mass is 32.2. The molecule has 26 heavy (non-hydrogen) atoms. The van der Waals surface area contributed by atoms with Crippen molar-refractivity contribution >= 4 is 28.9 Å². The smallest absolute Gasteiger partial charge is 0.191 e. The van der Waals surface area contributed by atoms with Gasteiger partial charge in [-0.1, -0.05) is 42.1 Å². The Morgan fingerprint density at radius 1 is 1.31 bits per heavy atom. The third-order valence-electron chi connectivity index (χ3n) is 3.76. The summed E-state index contributed by atoms with van der Waals surface area (Å²) in [5, 5.41) is 20.7. The summed E-state index contributed by atoms with van der Waals surface area (Å²) >= 11 is 2.65. The maximum absolute atomic E-state index is 12.5. The first-order chi connectivity index (χ1) is 12.6. The van der Waals surface area contributed by atoms with Gasteiger partial charge >= 0.3 is 0 Å². The van der Waals surface area contributed by atoms with Gasteiger partial charge in [0.1, 0.15) is 10.8 Å². The van der Waals surface area contributed by atoms with Crippen LogP contribution in [0.15, 0.2) is 40.9 Å². The summed E-state index contributed by atoms with van der Waals surface area (Å²) in [5.41, 5.74) is 1.96. The van der Waals surface area contributed by atoms with Crippen LogP contribution in [0.1, 0.15) is 28.0 Å². The highest BCUT2D eigenvalue weighted by Gasteiger charge is 2.24. The Morgan fingerprint density at radius 2 is 2.08 bits per heavy atom. The second kappa shape index (κ2) is 8.25. The van der Waals surface area contributed by atoms with Crippen LogP contribution in [0, 0.1) is 25.2 Å². The van der Waals surface area contributed by atoms with E-state index in [-0.39, 0.29) is 11.5 Å². The molecule has 3 rings (SSSR count). The number of nitriles is 1. The molecule has 0 aliphatic heterocycles. The molecule has 132 valence electrons. The third-order valence-corrected chi connectivity index (χ3v) is 5.78. The normalized spacial score (nSPS) is 11.9. The average molecular weight is 384 g/mol. The number of thiazole rings is 1. The summed E-state index contributed by atoms with van der Waals surface area (Å²) < 4.78 is 1.97. The van der Waals surface area contributed by atoms with E-state index in [0.29, 0.717) is 16.7 Å². The first kappa shape index (κ1) is 18.3. The van der Waals surface area contributed by atoms with E-state index < -0.39 is 5.92 Å². The number of thioether (sulfide) groups is 1. The lowest BCUT2D eigenvalue weighted by Gasteiger charge is -2.09. The molecule has 0 bridgehead atoms. The molecule has 8 heteroatoms. The molecule has 1 atom stereocenters. The van der Waals surface area contributed by atoms with Crippen molar-refractivity contribution in [3.8, 4) is 6.07 Å². The fourth-order valence-corrected chi connectivity index (χ4v) is 4.16. The van der Waals surface area contributed by atoms with Gasteiger partial charge in [-0.3, -0.25) is 4.79 Å². The zero-order valence-electron chi connectivity index (χ0n) is 14.4. The van der Waals surface area contributed by atoms with Crippen LogP contribution in [0.5, 0.6) is 0 Å². The standard InChI is InChI=1S/C18H17N5OS2/c1-12-10-25-17(20-12)15(8-19)16(24)11-26-18-22-21-13(2)23(18)9-14-6-4-3-5-7-14/h3-7,10,15H,9,11H2,1-2H3. The van der Waals surface area contributed by atoms with Gasteiger partial charge in [0.15, 0.2) is 16.9 Å². The van der Waals surface area contributed by atoms with E-state index >= 15 is 0 Å². The molecule has 1 unspecified atom stereocenters. The fraction of sp³-hybridized carbons (Fsp3) is 0.278. The monoisotopic (exact) mass is 383 g/mol. The third kappa shape index (κ3) is 4.18.